The molecule has 2 heteroatoms. The summed E-state index contributed by atoms with van der Waals surface area (Å²) in [5.74, 6) is 6.09. The fourth-order valence-electron chi connectivity index (χ4n) is 1.16. The van der Waals surface area contributed by atoms with Crippen molar-refractivity contribution in [2.75, 3.05) is 0 Å². The molecule has 0 bridgehead atoms. The lowest BCUT2D eigenvalue weighted by Gasteiger charge is -1.94. The average Bonchev–Trinajstić information content (AvgIpc) is 2.72. The van der Waals surface area contributed by atoms with E-state index in [1.165, 1.54) is 0 Å². The molecule has 2 aromatic rings. The highest BCUT2D eigenvalue weighted by molar-refractivity contribution is 5.55. The molecule has 67 valence electrons. The monoisotopic (exact) mass is 182 g/mol. The highest BCUT2D eigenvalue weighted by Crippen LogP contribution is 2.16. The molecule has 14 heavy (non-hydrogen) atoms. The second-order valence-electron chi connectivity index (χ2n) is 2.72. The van der Waals surface area contributed by atoms with E-state index in [2.05, 4.69) is 23.7 Å². The van der Waals surface area contributed by atoms with Crippen molar-refractivity contribution in [1.82, 2.24) is 4.98 Å². The Hall–Kier alpha value is -2.01. The highest BCUT2D eigenvalue weighted by atomic mass is 16.3. The van der Waals surface area contributed by atoms with E-state index in [4.69, 9.17) is 4.42 Å². The second-order valence-corrected chi connectivity index (χ2v) is 2.72. The molecule has 1 heterocycles. The molecule has 0 aliphatic carbocycles. The summed E-state index contributed by atoms with van der Waals surface area (Å²) >= 11 is 0. The van der Waals surface area contributed by atoms with Crippen molar-refractivity contribution in [2.45, 2.75) is 0 Å². The van der Waals surface area contributed by atoms with Crippen LogP contribution in [0.2, 0.25) is 0 Å². The Balaban J connectivity index is 2.34. The van der Waals surface area contributed by atoms with Crippen LogP contribution in [0.5, 0.6) is 0 Å². The number of aromatic nitrogens is 1. The Labute approximate surface area is 82.6 Å². The first-order valence-corrected chi connectivity index (χ1v) is 4.18. The Morgan fingerprint density at radius 2 is 2.00 bits per heavy atom. The van der Waals surface area contributed by atoms with Crippen molar-refractivity contribution < 1.29 is 4.42 Å². The van der Waals surface area contributed by atoms with Crippen LogP contribution >= 0.6 is 0 Å². The first kappa shape index (κ1) is 8.58. The zero-order valence-electron chi connectivity index (χ0n) is 7.53. The molecule has 1 aromatic carbocycles. The maximum Gasteiger partial charge on any atom is 0.225 e. The van der Waals surface area contributed by atoms with E-state index in [1.54, 1.807) is 12.5 Å². The van der Waals surface area contributed by atoms with Gasteiger partial charge in [0.25, 0.3) is 0 Å². The first-order valence-electron chi connectivity index (χ1n) is 4.18. The largest absolute Gasteiger partial charge is 0.445 e. The van der Waals surface area contributed by atoms with Crippen LogP contribution in [0.1, 0.15) is 5.56 Å². The number of benzene rings is 1. The molecule has 0 N–H and O–H groups in total. The van der Waals surface area contributed by atoms with Gasteiger partial charge in [0.1, 0.15) is 6.26 Å². The molecule has 0 fully saturated rings. The lowest BCUT2D eigenvalue weighted by atomic mass is 10.1. The summed E-state index contributed by atoms with van der Waals surface area (Å²) in [4.78, 5) is 4.05. The average molecular weight is 182 g/mol. The van der Waals surface area contributed by atoms with Gasteiger partial charge in [-0.05, 0) is 24.3 Å². The van der Waals surface area contributed by atoms with Crippen LogP contribution in [-0.4, -0.2) is 4.98 Å². The van der Waals surface area contributed by atoms with Gasteiger partial charge in [0.2, 0.25) is 5.89 Å². The minimum Gasteiger partial charge on any atom is -0.445 e. The van der Waals surface area contributed by atoms with Gasteiger partial charge < -0.3 is 4.42 Å². The van der Waals surface area contributed by atoms with Crippen LogP contribution in [0.25, 0.3) is 11.5 Å². The molecule has 0 spiro atoms. The van der Waals surface area contributed by atoms with Gasteiger partial charge in [0.05, 0.1) is 6.20 Å². The van der Waals surface area contributed by atoms with Gasteiger partial charge in [-0.3, -0.25) is 0 Å². The summed E-state index contributed by atoms with van der Waals surface area (Å²) in [5.41, 5.74) is 1.89. The lowest BCUT2D eigenvalue weighted by Crippen LogP contribution is -1.78. The van der Waals surface area contributed by atoms with E-state index < -0.39 is 0 Å². The molecule has 2 rings (SSSR count). The zero-order chi connectivity index (χ0) is 9.80. The summed E-state index contributed by atoms with van der Waals surface area (Å²) in [7, 11) is 0. The van der Waals surface area contributed by atoms with Crippen LogP contribution < -0.4 is 0 Å². The molecule has 0 amide bonds. The standard InChI is InChI=1S/C12H8NO/c1-2-3-10-4-6-11(7-5-10)12-13-8-9-14-12/h4-9H,1H2. The molecule has 0 aliphatic heterocycles. The molecule has 1 radical (unpaired) electrons. The van der Waals surface area contributed by atoms with Crippen molar-refractivity contribution in [3.63, 3.8) is 0 Å². The van der Waals surface area contributed by atoms with Crippen molar-refractivity contribution >= 4 is 0 Å². The lowest BCUT2D eigenvalue weighted by molar-refractivity contribution is 0.574. The van der Waals surface area contributed by atoms with Gasteiger partial charge in [-0.2, -0.15) is 0 Å². The first-order chi connectivity index (χ1) is 6.90. The smallest absolute Gasteiger partial charge is 0.225 e. The molecule has 0 atom stereocenters. The van der Waals surface area contributed by atoms with E-state index in [1.807, 2.05) is 24.3 Å². The Morgan fingerprint density at radius 3 is 2.57 bits per heavy atom. The predicted octanol–water partition coefficient (Wildman–Crippen LogP) is 2.53. The van der Waals surface area contributed by atoms with Crippen LogP contribution in [-0.2, 0) is 0 Å². The quantitative estimate of drug-likeness (QED) is 0.633. The molecule has 0 saturated carbocycles. The van der Waals surface area contributed by atoms with Crippen LogP contribution in [0.4, 0.5) is 0 Å². The zero-order valence-corrected chi connectivity index (χ0v) is 7.53. The van der Waals surface area contributed by atoms with Crippen LogP contribution in [0, 0.1) is 18.8 Å². The van der Waals surface area contributed by atoms with Gasteiger partial charge in [-0.25, -0.2) is 4.98 Å². The molecular formula is C12H8NO. The van der Waals surface area contributed by atoms with Gasteiger partial charge in [0, 0.05) is 18.1 Å². The molecule has 0 aliphatic rings. The molecule has 0 unspecified atom stereocenters. The van der Waals surface area contributed by atoms with E-state index in [0.29, 0.717) is 5.89 Å². The maximum absolute atomic E-state index is 5.16. The highest BCUT2D eigenvalue weighted by Gasteiger charge is 2.00. The third kappa shape index (κ3) is 1.67. The normalized spacial score (nSPS) is 9.21. The number of rotatable bonds is 1. The van der Waals surface area contributed by atoms with Crippen molar-refractivity contribution in [3.05, 3.63) is 49.2 Å². The van der Waals surface area contributed by atoms with Crippen molar-refractivity contribution in [2.24, 2.45) is 0 Å². The number of oxazole rings is 1. The minimum absolute atomic E-state index is 0.624. The number of nitrogens with zero attached hydrogens (tertiary/aromatic N) is 1. The Bertz CT molecular complexity index is 457. The molecule has 0 saturated heterocycles. The Kier molecular flexibility index (Phi) is 2.33. The molecule has 2 nitrogen and oxygen atoms in total. The van der Waals surface area contributed by atoms with Crippen molar-refractivity contribution in [3.8, 4) is 23.3 Å². The van der Waals surface area contributed by atoms with Gasteiger partial charge in [-0.1, -0.05) is 11.8 Å². The third-order valence-electron chi connectivity index (χ3n) is 1.80. The van der Waals surface area contributed by atoms with Gasteiger partial charge in [0.15, 0.2) is 0 Å². The van der Waals surface area contributed by atoms with Crippen molar-refractivity contribution in [1.29, 1.82) is 0 Å². The topological polar surface area (TPSA) is 26.0 Å². The fourth-order valence-corrected chi connectivity index (χ4v) is 1.16. The summed E-state index contributed by atoms with van der Waals surface area (Å²) < 4.78 is 5.16. The summed E-state index contributed by atoms with van der Waals surface area (Å²) in [6.07, 6.45) is 3.18. The van der Waals surface area contributed by atoms with Crippen LogP contribution in [0.3, 0.4) is 0 Å². The Morgan fingerprint density at radius 1 is 1.21 bits per heavy atom. The fraction of sp³-hybridized carbons (Fsp3) is 0. The van der Waals surface area contributed by atoms with E-state index in [0.717, 1.165) is 11.1 Å². The van der Waals surface area contributed by atoms with E-state index in [-0.39, 0.29) is 0 Å². The van der Waals surface area contributed by atoms with Gasteiger partial charge >= 0.3 is 0 Å². The van der Waals surface area contributed by atoms with E-state index >= 15 is 0 Å². The number of hydrogen-bond donors (Lipinski definition) is 0. The molecular weight excluding hydrogens is 174 g/mol. The van der Waals surface area contributed by atoms with Gasteiger partial charge in [-0.15, -0.1) is 0 Å². The predicted molar refractivity (Wildman–Crippen MR) is 54.2 cm³/mol. The number of hydrogen-bond acceptors (Lipinski definition) is 2. The SMILES string of the molecule is [CH2]C#Cc1ccc(-c2ncco2)cc1. The summed E-state index contributed by atoms with van der Waals surface area (Å²) in [6, 6.07) is 7.67. The van der Waals surface area contributed by atoms with Crippen LogP contribution in [0.15, 0.2) is 41.1 Å². The minimum atomic E-state index is 0.624. The molecule has 1 aromatic heterocycles. The summed E-state index contributed by atoms with van der Waals surface area (Å²) in [6.45, 7) is 3.46. The second kappa shape index (κ2) is 3.80. The third-order valence-corrected chi connectivity index (χ3v) is 1.80. The summed E-state index contributed by atoms with van der Waals surface area (Å²) in [5, 5.41) is 0. The van der Waals surface area contributed by atoms with E-state index in [9.17, 15) is 0 Å². The maximum atomic E-state index is 5.16.